The van der Waals surface area contributed by atoms with E-state index in [0.29, 0.717) is 32.2 Å². The van der Waals surface area contributed by atoms with E-state index >= 15 is 0 Å². The van der Waals surface area contributed by atoms with E-state index in [1.165, 1.54) is 56.9 Å². The summed E-state index contributed by atoms with van der Waals surface area (Å²) in [5.74, 6) is -0.225. The van der Waals surface area contributed by atoms with Crippen LogP contribution in [-0.2, 0) is 25.5 Å². The van der Waals surface area contributed by atoms with Crippen LogP contribution in [0.4, 0.5) is 0 Å². The number of nitrogens with zero attached hydrogens (tertiary/aromatic N) is 2. The third kappa shape index (κ3) is 10.8. The summed E-state index contributed by atoms with van der Waals surface area (Å²) < 4.78 is 5.48. The molecule has 3 amide bonds. The molecule has 5 rings (SSSR count). The summed E-state index contributed by atoms with van der Waals surface area (Å²) in [6, 6.07) is 10.5. The summed E-state index contributed by atoms with van der Waals surface area (Å²) in [5.41, 5.74) is 1.31. The minimum Gasteiger partial charge on any atom is -0.381 e. The van der Waals surface area contributed by atoms with Crippen molar-refractivity contribution in [2.45, 2.75) is 153 Å². The quantitative estimate of drug-likeness (QED) is 0.314. The molecule has 2 unspecified atom stereocenters. The van der Waals surface area contributed by atoms with E-state index in [2.05, 4.69) is 65.0 Å². The van der Waals surface area contributed by atoms with Gasteiger partial charge >= 0.3 is 0 Å². The maximum absolute atomic E-state index is 14.1. The van der Waals surface area contributed by atoms with Gasteiger partial charge in [-0.3, -0.25) is 24.6 Å². The topological polar surface area (TPSA) is 103 Å². The molecule has 9 heteroatoms. The fourth-order valence-electron chi connectivity index (χ4n) is 8.37. The molecular weight excluding hydrogens is 590 g/mol. The maximum Gasteiger partial charge on any atom is 0.243 e. The summed E-state index contributed by atoms with van der Waals surface area (Å²) in [6.45, 7) is 7.16. The van der Waals surface area contributed by atoms with Gasteiger partial charge in [-0.25, -0.2) is 0 Å². The molecule has 1 aliphatic carbocycles. The monoisotopic (exact) mass is 651 g/mol. The van der Waals surface area contributed by atoms with E-state index in [1.54, 1.807) is 0 Å². The summed E-state index contributed by atoms with van der Waals surface area (Å²) in [6.07, 6.45) is 16.1. The van der Waals surface area contributed by atoms with Gasteiger partial charge in [0.2, 0.25) is 17.7 Å². The molecule has 1 saturated carbocycles. The van der Waals surface area contributed by atoms with Crippen molar-refractivity contribution in [3.8, 4) is 0 Å². The fraction of sp³-hybridized carbons (Fsp3) is 0.763. The summed E-state index contributed by atoms with van der Waals surface area (Å²) in [7, 11) is 0. The summed E-state index contributed by atoms with van der Waals surface area (Å²) >= 11 is 0. The van der Waals surface area contributed by atoms with Crippen molar-refractivity contribution in [3.63, 3.8) is 0 Å². The average molecular weight is 652 g/mol. The lowest BCUT2D eigenvalue weighted by atomic mass is 9.96. The van der Waals surface area contributed by atoms with Gasteiger partial charge in [0.15, 0.2) is 0 Å². The normalized spacial score (nSPS) is 26.9. The first-order valence-corrected chi connectivity index (χ1v) is 18.9. The SMILES string of the molecule is C[C@H](NC(=O)[C@H](CC(=O)N1CCCC[C@@H]1C)NC(=O)CC1CCOCC1)C1NC(Cc2ccccc2)CN1C1CCCCCCCC1. The van der Waals surface area contributed by atoms with Crippen LogP contribution in [-0.4, -0.2) is 90.2 Å². The molecule has 1 aromatic rings. The maximum atomic E-state index is 14.1. The van der Waals surface area contributed by atoms with Gasteiger partial charge in [-0.05, 0) is 76.7 Å². The molecule has 3 N–H and O–H groups in total. The molecule has 9 nitrogen and oxygen atoms in total. The molecule has 0 aromatic heterocycles. The predicted molar refractivity (Wildman–Crippen MR) is 186 cm³/mol. The highest BCUT2D eigenvalue weighted by molar-refractivity contribution is 5.92. The number of amides is 3. The zero-order valence-corrected chi connectivity index (χ0v) is 29.1. The number of benzene rings is 1. The highest BCUT2D eigenvalue weighted by Crippen LogP contribution is 2.27. The number of nitrogens with one attached hydrogen (secondary N) is 3. The van der Waals surface area contributed by atoms with Crippen LogP contribution in [0, 0.1) is 5.92 Å². The minimum absolute atomic E-state index is 0.0104. The lowest BCUT2D eigenvalue weighted by Crippen LogP contribution is -2.59. The van der Waals surface area contributed by atoms with Crippen molar-refractivity contribution < 1.29 is 19.1 Å². The second-order valence-corrected chi connectivity index (χ2v) is 14.9. The van der Waals surface area contributed by atoms with E-state index in [4.69, 9.17) is 4.74 Å². The van der Waals surface area contributed by atoms with Crippen molar-refractivity contribution in [1.29, 1.82) is 0 Å². The van der Waals surface area contributed by atoms with E-state index in [1.807, 2.05) is 4.90 Å². The molecule has 5 atom stereocenters. The molecule has 3 heterocycles. The Morgan fingerprint density at radius 1 is 0.894 bits per heavy atom. The lowest BCUT2D eigenvalue weighted by Gasteiger charge is -2.37. The molecule has 4 aliphatic rings. The first kappa shape index (κ1) is 35.8. The fourth-order valence-corrected chi connectivity index (χ4v) is 8.37. The van der Waals surface area contributed by atoms with Gasteiger partial charge in [-0.15, -0.1) is 0 Å². The second-order valence-electron chi connectivity index (χ2n) is 14.9. The van der Waals surface area contributed by atoms with Crippen molar-refractivity contribution in [3.05, 3.63) is 35.9 Å². The van der Waals surface area contributed by atoms with Gasteiger partial charge in [-0.1, -0.05) is 68.9 Å². The Bertz CT molecular complexity index is 1120. The largest absolute Gasteiger partial charge is 0.381 e. The van der Waals surface area contributed by atoms with E-state index in [0.717, 1.165) is 45.1 Å². The molecular formula is C38H61N5O4. The van der Waals surface area contributed by atoms with Crippen LogP contribution in [0.1, 0.15) is 116 Å². The van der Waals surface area contributed by atoms with E-state index in [9.17, 15) is 14.4 Å². The lowest BCUT2D eigenvalue weighted by molar-refractivity contribution is -0.139. The number of hydrogen-bond donors (Lipinski definition) is 3. The Balaban J connectivity index is 1.28. The van der Waals surface area contributed by atoms with Crippen LogP contribution in [0.3, 0.4) is 0 Å². The predicted octanol–water partition coefficient (Wildman–Crippen LogP) is 4.93. The van der Waals surface area contributed by atoms with Crippen molar-refractivity contribution in [2.24, 2.45) is 5.92 Å². The number of piperidine rings is 1. The van der Waals surface area contributed by atoms with Crippen molar-refractivity contribution in [2.75, 3.05) is 26.3 Å². The van der Waals surface area contributed by atoms with Crippen LogP contribution in [0.5, 0.6) is 0 Å². The number of ether oxygens (including phenoxy) is 1. The van der Waals surface area contributed by atoms with Gasteiger partial charge in [0.25, 0.3) is 0 Å². The molecule has 3 saturated heterocycles. The molecule has 47 heavy (non-hydrogen) atoms. The van der Waals surface area contributed by atoms with Crippen LogP contribution in [0.15, 0.2) is 30.3 Å². The first-order chi connectivity index (χ1) is 22.9. The molecule has 0 bridgehead atoms. The highest BCUT2D eigenvalue weighted by Gasteiger charge is 2.40. The smallest absolute Gasteiger partial charge is 0.243 e. The third-order valence-corrected chi connectivity index (χ3v) is 11.1. The number of carbonyl (C=O) groups excluding carboxylic acids is 3. The van der Waals surface area contributed by atoms with E-state index in [-0.39, 0.29) is 54.4 Å². The molecule has 4 fully saturated rings. The number of carbonyl (C=O) groups is 3. The first-order valence-electron chi connectivity index (χ1n) is 18.9. The van der Waals surface area contributed by atoms with Crippen LogP contribution in [0.2, 0.25) is 0 Å². The molecule has 0 spiro atoms. The Morgan fingerprint density at radius 2 is 1.57 bits per heavy atom. The van der Waals surface area contributed by atoms with Gasteiger partial charge in [0.1, 0.15) is 6.04 Å². The zero-order valence-electron chi connectivity index (χ0n) is 29.1. The molecule has 262 valence electrons. The van der Waals surface area contributed by atoms with E-state index < -0.39 is 6.04 Å². The number of rotatable bonds is 11. The van der Waals surface area contributed by atoms with Crippen molar-refractivity contribution in [1.82, 2.24) is 25.8 Å². The van der Waals surface area contributed by atoms with Gasteiger partial charge in [0.05, 0.1) is 18.6 Å². The second kappa shape index (κ2) is 18.3. The molecule has 1 aromatic carbocycles. The Kier molecular flexibility index (Phi) is 14.0. The van der Waals surface area contributed by atoms with Gasteiger partial charge < -0.3 is 20.3 Å². The van der Waals surface area contributed by atoms with Gasteiger partial charge in [-0.2, -0.15) is 0 Å². The zero-order chi connectivity index (χ0) is 33.0. The standard InChI is InChI=1S/C38H61N5O4/c1-28-14-12-13-21-42(28)36(45)26-34(41-35(44)25-31-19-22-47-23-20-31)38(46)39-29(2)37-40-32(24-30-15-8-7-9-16-30)27-43(37)33-17-10-5-3-4-6-11-18-33/h7-9,15-16,28-29,31-34,37,40H,3-6,10-14,17-27H2,1-2H3,(H,39,46)(H,41,44)/t28-,29-,32?,34-,37?/m0/s1. The molecule has 0 radical (unpaired) electrons. The van der Waals surface area contributed by atoms with Crippen LogP contribution < -0.4 is 16.0 Å². The summed E-state index contributed by atoms with van der Waals surface area (Å²) in [5, 5.41) is 10.2. The van der Waals surface area contributed by atoms with Crippen LogP contribution in [0.25, 0.3) is 0 Å². The van der Waals surface area contributed by atoms with Crippen LogP contribution >= 0.6 is 0 Å². The number of hydrogen-bond acceptors (Lipinski definition) is 6. The molecule has 3 aliphatic heterocycles. The average Bonchev–Trinajstić information content (AvgIpc) is 3.54. The Hall–Kier alpha value is -2.49. The Morgan fingerprint density at radius 3 is 2.28 bits per heavy atom. The van der Waals surface area contributed by atoms with Gasteiger partial charge in [0, 0.05) is 50.8 Å². The summed E-state index contributed by atoms with van der Waals surface area (Å²) in [4.78, 5) is 45.4. The van der Waals surface area contributed by atoms with Crippen molar-refractivity contribution >= 4 is 17.7 Å². The minimum atomic E-state index is -0.897. The number of likely N-dealkylation sites (tertiary alicyclic amines) is 1. The third-order valence-electron chi connectivity index (χ3n) is 11.1. The highest BCUT2D eigenvalue weighted by atomic mass is 16.5. The Labute approximate surface area is 283 Å².